The zero-order chi connectivity index (χ0) is 30.2. The maximum atomic E-state index is 14.4. The minimum atomic E-state index is -1.20. The number of carbonyl (C=O) groups excluding carboxylic acids is 1. The quantitative estimate of drug-likeness (QED) is 0.259. The number of likely N-dealkylation sites (tertiary alicyclic amines) is 1. The summed E-state index contributed by atoms with van der Waals surface area (Å²) >= 11 is 0. The first-order chi connectivity index (χ1) is 20.8. The summed E-state index contributed by atoms with van der Waals surface area (Å²) in [6.07, 6.45) is 1.24. The van der Waals surface area contributed by atoms with E-state index in [1.165, 1.54) is 11.1 Å². The molecule has 1 aliphatic carbocycles. The van der Waals surface area contributed by atoms with E-state index < -0.39 is 22.3 Å². The van der Waals surface area contributed by atoms with Crippen molar-refractivity contribution in [3.05, 3.63) is 131 Å². The summed E-state index contributed by atoms with van der Waals surface area (Å²) in [6.45, 7) is 5.19. The number of benzene rings is 4. The van der Waals surface area contributed by atoms with Gasteiger partial charge in [-0.15, -0.1) is 0 Å². The summed E-state index contributed by atoms with van der Waals surface area (Å²) < 4.78 is 11.4. The number of hydrogen-bond acceptors (Lipinski definition) is 4. The maximum absolute atomic E-state index is 14.4. The maximum Gasteiger partial charge on any atom is 0.230 e. The molecule has 5 nitrogen and oxygen atoms in total. The van der Waals surface area contributed by atoms with Crippen LogP contribution in [0, 0.1) is 11.3 Å². The zero-order valence-corrected chi connectivity index (χ0v) is 25.5. The average Bonchev–Trinajstić information content (AvgIpc) is 3.45. The van der Waals surface area contributed by atoms with Gasteiger partial charge < -0.3 is 19.5 Å². The molecule has 1 aliphatic heterocycles. The Hall–Kier alpha value is -4.09. The van der Waals surface area contributed by atoms with Crippen molar-refractivity contribution in [2.75, 3.05) is 27.3 Å². The minimum Gasteiger partial charge on any atom is -0.496 e. The van der Waals surface area contributed by atoms with E-state index in [4.69, 9.17) is 9.47 Å². The first kappa shape index (κ1) is 29.0. The van der Waals surface area contributed by atoms with Gasteiger partial charge in [-0.1, -0.05) is 104 Å². The van der Waals surface area contributed by atoms with E-state index in [0.29, 0.717) is 37.4 Å². The monoisotopic (exact) mass is 575 g/mol. The number of amides is 1. The number of nitrogens with zero attached hydrogens (tertiary/aromatic N) is 1. The van der Waals surface area contributed by atoms with E-state index in [-0.39, 0.29) is 11.8 Å². The fourth-order valence-electron chi connectivity index (χ4n) is 8.43. The number of para-hydroxylation sites is 2. The Morgan fingerprint density at radius 2 is 1.33 bits per heavy atom. The number of aliphatic hydroxyl groups is 1. The topological polar surface area (TPSA) is 59.0 Å². The number of fused-ring (bicyclic) bond motifs is 1. The molecular weight excluding hydrogens is 534 g/mol. The van der Waals surface area contributed by atoms with E-state index in [1.54, 1.807) is 14.2 Å². The Kier molecular flexibility index (Phi) is 7.55. The number of ether oxygens (including phenoxy) is 2. The second kappa shape index (κ2) is 11.2. The molecule has 1 heterocycles. The second-order valence-electron chi connectivity index (χ2n) is 12.4. The summed E-state index contributed by atoms with van der Waals surface area (Å²) in [5, 5.41) is 12.9. The van der Waals surface area contributed by atoms with Gasteiger partial charge in [0.15, 0.2) is 0 Å². The van der Waals surface area contributed by atoms with Gasteiger partial charge in [-0.25, -0.2) is 0 Å². The van der Waals surface area contributed by atoms with Crippen LogP contribution in [-0.4, -0.2) is 43.2 Å². The largest absolute Gasteiger partial charge is 0.496 e. The zero-order valence-electron chi connectivity index (χ0n) is 25.5. The number of hydrogen-bond donors (Lipinski definition) is 1. The van der Waals surface area contributed by atoms with Gasteiger partial charge in [0.1, 0.15) is 11.5 Å². The van der Waals surface area contributed by atoms with Crippen molar-refractivity contribution in [2.45, 2.75) is 43.6 Å². The van der Waals surface area contributed by atoms with E-state index in [2.05, 4.69) is 67.6 Å². The van der Waals surface area contributed by atoms with Crippen LogP contribution < -0.4 is 9.47 Å². The van der Waals surface area contributed by atoms with Crippen LogP contribution in [0.3, 0.4) is 0 Å². The van der Waals surface area contributed by atoms with Gasteiger partial charge in [0.2, 0.25) is 5.91 Å². The van der Waals surface area contributed by atoms with Gasteiger partial charge in [-0.05, 0) is 43.0 Å². The van der Waals surface area contributed by atoms with Crippen LogP contribution >= 0.6 is 0 Å². The fraction of sp³-hybridized carbons (Fsp3) is 0.342. The van der Waals surface area contributed by atoms with Crippen LogP contribution in [0.15, 0.2) is 109 Å². The standard InChI is InChI=1S/C38H41NO4/c1-27(30-19-11-13-21-32(30)42-3)35(40)39-25-34-36(2,26-39)37(28-15-7-5-8-16-28,29-17-9-6-10-18-29)23-24-38(34,41)31-20-12-14-22-33(31)43-4/h5-22,27,34,41H,23-26H2,1-4H3/t27?,34-,36?,38-/m1/s1. The highest BCUT2D eigenvalue weighted by atomic mass is 16.5. The molecule has 2 fully saturated rings. The van der Waals surface area contributed by atoms with E-state index >= 15 is 0 Å². The highest BCUT2D eigenvalue weighted by Gasteiger charge is 2.67. The lowest BCUT2D eigenvalue weighted by Gasteiger charge is -2.59. The van der Waals surface area contributed by atoms with E-state index in [1.807, 2.05) is 60.4 Å². The molecule has 1 saturated heterocycles. The molecule has 0 bridgehead atoms. The Labute approximate surface area is 255 Å². The smallest absolute Gasteiger partial charge is 0.230 e. The Morgan fingerprint density at radius 3 is 1.93 bits per heavy atom. The molecule has 6 rings (SSSR count). The van der Waals surface area contributed by atoms with Crippen LogP contribution in [0.5, 0.6) is 11.5 Å². The van der Waals surface area contributed by atoms with Crippen LogP contribution in [-0.2, 0) is 15.8 Å². The summed E-state index contributed by atoms with van der Waals surface area (Å²) in [5.74, 6) is 0.755. The van der Waals surface area contributed by atoms with Gasteiger partial charge in [0.25, 0.3) is 0 Å². The molecule has 4 aromatic rings. The normalized spacial score (nSPS) is 25.0. The third kappa shape index (κ3) is 4.44. The second-order valence-corrected chi connectivity index (χ2v) is 12.4. The van der Waals surface area contributed by atoms with Crippen molar-refractivity contribution in [1.29, 1.82) is 0 Å². The highest BCUT2D eigenvalue weighted by Crippen LogP contribution is 2.66. The molecule has 4 atom stereocenters. The highest BCUT2D eigenvalue weighted by molar-refractivity contribution is 5.84. The summed E-state index contributed by atoms with van der Waals surface area (Å²) in [6, 6.07) is 36.9. The van der Waals surface area contributed by atoms with Gasteiger partial charge >= 0.3 is 0 Å². The van der Waals surface area contributed by atoms with Crippen LogP contribution in [0.25, 0.3) is 0 Å². The fourth-order valence-corrected chi connectivity index (χ4v) is 8.43. The van der Waals surface area contributed by atoms with Gasteiger partial charge in [-0.3, -0.25) is 4.79 Å². The van der Waals surface area contributed by atoms with Crippen molar-refractivity contribution >= 4 is 5.91 Å². The van der Waals surface area contributed by atoms with Crippen molar-refractivity contribution in [1.82, 2.24) is 4.90 Å². The van der Waals surface area contributed by atoms with E-state index in [0.717, 1.165) is 11.1 Å². The summed E-state index contributed by atoms with van der Waals surface area (Å²) in [5.41, 5.74) is 1.93. The summed E-state index contributed by atoms with van der Waals surface area (Å²) in [7, 11) is 3.30. The molecule has 1 amide bonds. The Morgan fingerprint density at radius 1 is 0.791 bits per heavy atom. The van der Waals surface area contributed by atoms with Gasteiger partial charge in [0.05, 0.1) is 25.7 Å². The predicted molar refractivity (Wildman–Crippen MR) is 169 cm³/mol. The lowest BCUT2D eigenvalue weighted by Crippen LogP contribution is -2.60. The number of rotatable bonds is 7. The van der Waals surface area contributed by atoms with E-state index in [9.17, 15) is 9.90 Å². The lowest BCUT2D eigenvalue weighted by atomic mass is 9.45. The molecule has 2 aliphatic rings. The SMILES string of the molecule is COc1ccccc1C(C)C(=O)N1C[C@@H]2C(C)(C1)C(c1ccccc1)(c1ccccc1)CC[C@@]2(O)c1ccccc1OC. The molecule has 0 radical (unpaired) electrons. The van der Waals surface area contributed by atoms with Crippen LogP contribution in [0.4, 0.5) is 0 Å². The first-order valence-corrected chi connectivity index (χ1v) is 15.2. The summed E-state index contributed by atoms with van der Waals surface area (Å²) in [4.78, 5) is 16.4. The van der Waals surface area contributed by atoms with Crippen molar-refractivity contribution < 1.29 is 19.4 Å². The Balaban J connectivity index is 1.53. The third-order valence-electron chi connectivity index (χ3n) is 10.5. The predicted octanol–water partition coefficient (Wildman–Crippen LogP) is 6.94. The van der Waals surface area contributed by atoms with Crippen molar-refractivity contribution in [3.63, 3.8) is 0 Å². The molecule has 5 heteroatoms. The van der Waals surface area contributed by atoms with Crippen LogP contribution in [0.2, 0.25) is 0 Å². The molecule has 1 saturated carbocycles. The number of methoxy groups -OCH3 is 2. The number of carbonyl (C=O) groups is 1. The molecule has 0 aromatic heterocycles. The third-order valence-corrected chi connectivity index (χ3v) is 10.5. The minimum absolute atomic E-state index is 0.0394. The molecule has 43 heavy (non-hydrogen) atoms. The first-order valence-electron chi connectivity index (χ1n) is 15.2. The lowest BCUT2D eigenvalue weighted by molar-refractivity contribution is -0.132. The molecular formula is C38H41NO4. The van der Waals surface area contributed by atoms with Crippen molar-refractivity contribution in [3.8, 4) is 11.5 Å². The van der Waals surface area contributed by atoms with Gasteiger partial charge in [0, 0.05) is 41.0 Å². The molecule has 222 valence electrons. The molecule has 4 aromatic carbocycles. The van der Waals surface area contributed by atoms with Crippen molar-refractivity contribution in [2.24, 2.45) is 11.3 Å². The average molecular weight is 576 g/mol. The molecule has 2 unspecified atom stereocenters. The molecule has 1 N–H and O–H groups in total. The molecule has 0 spiro atoms. The van der Waals surface area contributed by atoms with Gasteiger partial charge in [-0.2, -0.15) is 0 Å². The van der Waals surface area contributed by atoms with Crippen LogP contribution in [0.1, 0.15) is 54.9 Å². The Bertz CT molecular complexity index is 1550.